The summed E-state index contributed by atoms with van der Waals surface area (Å²) < 4.78 is 38.0. The Hall–Kier alpha value is -1.85. The van der Waals surface area contributed by atoms with Crippen LogP contribution in [0.3, 0.4) is 0 Å². The van der Waals surface area contributed by atoms with Crippen LogP contribution < -0.4 is 0 Å². The minimum atomic E-state index is -4.35. The molecule has 132 valence electrons. The summed E-state index contributed by atoms with van der Waals surface area (Å²) in [5.41, 5.74) is 2.96. The first-order chi connectivity index (χ1) is 11.8. The van der Waals surface area contributed by atoms with E-state index in [2.05, 4.69) is 0 Å². The zero-order chi connectivity index (χ0) is 18.2. The number of rotatable bonds is 4. The minimum absolute atomic E-state index is 0.383. The lowest BCUT2D eigenvalue weighted by atomic mass is 10.0. The van der Waals surface area contributed by atoms with Crippen molar-refractivity contribution in [1.82, 2.24) is 4.90 Å². The van der Waals surface area contributed by atoms with Crippen molar-refractivity contribution in [2.75, 3.05) is 0 Å². The van der Waals surface area contributed by atoms with Crippen molar-refractivity contribution in [3.63, 3.8) is 0 Å². The van der Waals surface area contributed by atoms with E-state index < -0.39 is 17.8 Å². The average Bonchev–Trinajstić information content (AvgIpc) is 2.91. The van der Waals surface area contributed by atoms with Crippen LogP contribution in [0.2, 0.25) is 5.02 Å². The van der Waals surface area contributed by atoms with Gasteiger partial charge < -0.3 is 4.79 Å². The molecule has 0 radical (unpaired) electrons. The molecule has 0 N–H and O–H groups in total. The van der Waals surface area contributed by atoms with Gasteiger partial charge in [0.1, 0.15) is 6.29 Å². The van der Waals surface area contributed by atoms with Crippen molar-refractivity contribution in [3.8, 4) is 0 Å². The number of benzene rings is 2. The number of nitrogens with zero attached hydrogens (tertiary/aromatic N) is 1. The van der Waals surface area contributed by atoms with Crippen LogP contribution in [0.1, 0.15) is 40.8 Å². The molecule has 3 rings (SSSR count). The zero-order valence-corrected chi connectivity index (χ0v) is 14.4. The number of aryl methyl sites for hydroxylation is 1. The van der Waals surface area contributed by atoms with Crippen LogP contribution in [-0.2, 0) is 30.5 Å². The number of hydrogen-bond donors (Lipinski definition) is 0. The molecule has 2 aromatic rings. The molecule has 1 unspecified atom stereocenters. The van der Waals surface area contributed by atoms with Crippen LogP contribution in [0.4, 0.5) is 13.2 Å². The predicted octanol–water partition coefficient (Wildman–Crippen LogP) is 5.18. The average molecular weight is 368 g/mol. The lowest BCUT2D eigenvalue weighted by Gasteiger charge is -2.21. The highest BCUT2D eigenvalue weighted by Gasteiger charge is 2.33. The molecule has 1 heterocycles. The van der Waals surface area contributed by atoms with Crippen molar-refractivity contribution in [3.05, 3.63) is 69.2 Å². The summed E-state index contributed by atoms with van der Waals surface area (Å²) in [5.74, 6) is 0. The predicted molar refractivity (Wildman–Crippen MR) is 90.3 cm³/mol. The van der Waals surface area contributed by atoms with Crippen molar-refractivity contribution in [2.24, 2.45) is 0 Å². The molecule has 0 amide bonds. The number of fused-ring (bicyclic) bond motifs is 1. The molecule has 1 atom stereocenters. The summed E-state index contributed by atoms with van der Waals surface area (Å²) in [5, 5.41) is 0.571. The molecule has 1 aliphatic rings. The number of carbonyl (C=O) groups excluding carboxylic acids is 1. The lowest BCUT2D eigenvalue weighted by molar-refractivity contribution is -0.137. The second kappa shape index (κ2) is 6.81. The summed E-state index contributed by atoms with van der Waals surface area (Å²) in [6, 6.07) is 8.48. The molecular weight excluding hydrogens is 351 g/mol. The highest BCUT2D eigenvalue weighted by atomic mass is 35.5. The third-order valence-corrected chi connectivity index (χ3v) is 4.85. The molecule has 0 saturated heterocycles. The highest BCUT2D eigenvalue weighted by molar-refractivity contribution is 6.31. The SMILES string of the molecule is CCc1cc(Cl)c2c(c1)CN(Cc1ccc(C(F)(F)F)cc1)C2C=O. The number of carbonyl (C=O) groups is 1. The van der Waals surface area contributed by atoms with E-state index in [4.69, 9.17) is 11.6 Å². The summed E-state index contributed by atoms with van der Waals surface area (Å²) in [6.45, 7) is 2.96. The van der Waals surface area contributed by atoms with Gasteiger partial charge >= 0.3 is 6.18 Å². The molecule has 2 aromatic carbocycles. The molecular formula is C19H17ClF3NO. The van der Waals surface area contributed by atoms with Gasteiger partial charge in [0.2, 0.25) is 0 Å². The van der Waals surface area contributed by atoms with Crippen molar-refractivity contribution in [2.45, 2.75) is 38.7 Å². The van der Waals surface area contributed by atoms with Crippen LogP contribution >= 0.6 is 11.6 Å². The fourth-order valence-corrected chi connectivity index (χ4v) is 3.62. The van der Waals surface area contributed by atoms with Crippen LogP contribution in [0.15, 0.2) is 36.4 Å². The maximum atomic E-state index is 12.7. The van der Waals surface area contributed by atoms with E-state index >= 15 is 0 Å². The van der Waals surface area contributed by atoms with Gasteiger partial charge in [0, 0.05) is 18.1 Å². The Balaban J connectivity index is 1.84. The first kappa shape index (κ1) is 18.0. The smallest absolute Gasteiger partial charge is 0.301 e. The number of hydrogen-bond acceptors (Lipinski definition) is 2. The number of aldehydes is 1. The largest absolute Gasteiger partial charge is 0.416 e. The normalized spacial score (nSPS) is 17.6. The monoisotopic (exact) mass is 367 g/mol. The van der Waals surface area contributed by atoms with Gasteiger partial charge in [0.05, 0.1) is 11.6 Å². The van der Waals surface area contributed by atoms with E-state index in [9.17, 15) is 18.0 Å². The summed E-state index contributed by atoms with van der Waals surface area (Å²) in [6.07, 6.45) is -2.66. The molecule has 2 nitrogen and oxygen atoms in total. The van der Waals surface area contributed by atoms with Crippen LogP contribution in [0, 0.1) is 0 Å². The molecule has 0 aliphatic carbocycles. The van der Waals surface area contributed by atoms with Gasteiger partial charge in [-0.3, -0.25) is 4.90 Å². The van der Waals surface area contributed by atoms with E-state index in [1.165, 1.54) is 12.1 Å². The van der Waals surface area contributed by atoms with E-state index in [1.807, 2.05) is 24.0 Å². The van der Waals surface area contributed by atoms with Crippen LogP contribution in [0.25, 0.3) is 0 Å². The third-order valence-electron chi connectivity index (χ3n) is 4.54. The molecule has 0 aromatic heterocycles. The Morgan fingerprint density at radius 3 is 2.44 bits per heavy atom. The van der Waals surface area contributed by atoms with Gasteiger partial charge in [-0.2, -0.15) is 13.2 Å². The molecule has 6 heteroatoms. The minimum Gasteiger partial charge on any atom is -0.301 e. The summed E-state index contributed by atoms with van der Waals surface area (Å²) in [4.78, 5) is 13.5. The van der Waals surface area contributed by atoms with Gasteiger partial charge in [-0.25, -0.2) is 0 Å². The van der Waals surface area contributed by atoms with Crippen LogP contribution in [0.5, 0.6) is 0 Å². The van der Waals surface area contributed by atoms with Crippen molar-refractivity contribution in [1.29, 1.82) is 0 Å². The number of halogens is 4. The molecule has 0 spiro atoms. The van der Waals surface area contributed by atoms with Gasteiger partial charge in [0.25, 0.3) is 0 Å². The second-order valence-corrected chi connectivity index (χ2v) is 6.59. The van der Waals surface area contributed by atoms with E-state index in [-0.39, 0.29) is 0 Å². The maximum Gasteiger partial charge on any atom is 0.416 e. The molecule has 1 aliphatic heterocycles. The van der Waals surface area contributed by atoms with Crippen molar-refractivity contribution < 1.29 is 18.0 Å². The Morgan fingerprint density at radius 2 is 1.88 bits per heavy atom. The zero-order valence-electron chi connectivity index (χ0n) is 13.6. The summed E-state index contributed by atoms with van der Waals surface area (Å²) >= 11 is 6.36. The van der Waals surface area contributed by atoms with Crippen LogP contribution in [-0.4, -0.2) is 11.2 Å². The standard InChI is InChI=1S/C19H17ClF3NO/c1-2-12-7-14-10-24(17(11-25)18(14)16(20)8-12)9-13-3-5-15(6-4-13)19(21,22)23/h3-8,11,17H,2,9-10H2,1H3. The molecule has 0 fully saturated rings. The topological polar surface area (TPSA) is 20.3 Å². The van der Waals surface area contributed by atoms with E-state index in [0.717, 1.165) is 47.1 Å². The highest BCUT2D eigenvalue weighted by Crippen LogP contribution is 2.39. The third kappa shape index (κ3) is 3.58. The van der Waals surface area contributed by atoms with Gasteiger partial charge in [-0.15, -0.1) is 0 Å². The Labute approximate surface area is 149 Å². The Kier molecular flexibility index (Phi) is 4.89. The van der Waals surface area contributed by atoms with E-state index in [1.54, 1.807) is 0 Å². The molecule has 0 bridgehead atoms. The first-order valence-electron chi connectivity index (χ1n) is 8.00. The maximum absolute atomic E-state index is 12.7. The fraction of sp³-hybridized carbons (Fsp3) is 0.316. The quantitative estimate of drug-likeness (QED) is 0.694. The Bertz CT molecular complexity index is 786. The van der Waals surface area contributed by atoms with Gasteiger partial charge in [0.15, 0.2) is 0 Å². The van der Waals surface area contributed by atoms with Gasteiger partial charge in [-0.05, 0) is 46.9 Å². The lowest BCUT2D eigenvalue weighted by Crippen LogP contribution is -2.22. The number of alkyl halides is 3. The first-order valence-corrected chi connectivity index (χ1v) is 8.38. The second-order valence-electron chi connectivity index (χ2n) is 6.18. The fourth-order valence-electron chi connectivity index (χ4n) is 3.25. The Morgan fingerprint density at radius 1 is 1.20 bits per heavy atom. The van der Waals surface area contributed by atoms with Gasteiger partial charge in [-0.1, -0.05) is 36.7 Å². The van der Waals surface area contributed by atoms with Crippen molar-refractivity contribution >= 4 is 17.9 Å². The van der Waals surface area contributed by atoms with E-state index in [0.29, 0.717) is 18.1 Å². The molecule has 25 heavy (non-hydrogen) atoms. The summed E-state index contributed by atoms with van der Waals surface area (Å²) in [7, 11) is 0. The molecule has 0 saturated carbocycles.